The molecule has 2 amide bonds. The van der Waals surface area contributed by atoms with Crippen LogP contribution in [-0.2, 0) is 9.59 Å². The van der Waals surface area contributed by atoms with Crippen LogP contribution >= 0.6 is 11.6 Å². The largest absolute Gasteiger partial charge is 0.340 e. The summed E-state index contributed by atoms with van der Waals surface area (Å²) in [5.41, 5.74) is 4.93. The molecule has 1 aliphatic heterocycles. The number of nitrogens with zero attached hydrogens (tertiary/aromatic N) is 2. The highest BCUT2D eigenvalue weighted by Crippen LogP contribution is 2.20. The number of pyridine rings is 1. The molecular weight excluding hydrogens is 304 g/mol. The minimum atomic E-state index is -0.921. The number of nitrogens with one attached hydrogen (secondary N) is 1. The van der Waals surface area contributed by atoms with Crippen LogP contribution in [0.1, 0.15) is 26.7 Å². The zero-order valence-corrected chi connectivity index (χ0v) is 13.6. The molecule has 0 aliphatic carbocycles. The average molecular weight is 325 g/mol. The Balaban J connectivity index is 1.98. The van der Waals surface area contributed by atoms with Crippen molar-refractivity contribution >= 4 is 29.2 Å². The van der Waals surface area contributed by atoms with Crippen LogP contribution < -0.4 is 11.1 Å². The van der Waals surface area contributed by atoms with Crippen molar-refractivity contribution in [1.82, 2.24) is 9.88 Å². The molecule has 1 saturated heterocycles. The van der Waals surface area contributed by atoms with E-state index in [0.29, 0.717) is 23.9 Å². The predicted octanol–water partition coefficient (Wildman–Crippen LogP) is 1.65. The van der Waals surface area contributed by atoms with Crippen LogP contribution in [0.25, 0.3) is 0 Å². The number of amides is 2. The molecule has 0 radical (unpaired) electrons. The summed E-state index contributed by atoms with van der Waals surface area (Å²) in [5.74, 6) is -0.0636. The zero-order chi connectivity index (χ0) is 16.3. The van der Waals surface area contributed by atoms with E-state index in [1.54, 1.807) is 30.9 Å². The van der Waals surface area contributed by atoms with Gasteiger partial charge in [0, 0.05) is 19.3 Å². The maximum atomic E-state index is 12.3. The van der Waals surface area contributed by atoms with Crippen LogP contribution in [0.3, 0.4) is 0 Å². The first-order valence-electron chi connectivity index (χ1n) is 7.28. The quantitative estimate of drug-likeness (QED) is 0.884. The van der Waals surface area contributed by atoms with Crippen molar-refractivity contribution in [2.24, 2.45) is 11.7 Å². The molecule has 22 heavy (non-hydrogen) atoms. The Morgan fingerprint density at radius 3 is 2.77 bits per heavy atom. The van der Waals surface area contributed by atoms with Gasteiger partial charge in [-0.05, 0) is 38.8 Å². The zero-order valence-electron chi connectivity index (χ0n) is 12.8. The number of rotatable bonds is 3. The molecule has 6 nitrogen and oxygen atoms in total. The average Bonchev–Trinajstić information content (AvgIpc) is 2.48. The highest BCUT2D eigenvalue weighted by Gasteiger charge is 2.33. The number of piperidine rings is 1. The summed E-state index contributed by atoms with van der Waals surface area (Å²) in [6.45, 7) is 4.38. The normalized spacial score (nSPS) is 18.9. The standard InChI is InChI=1S/C15H21ClN4O2/c1-15(2,17)14(22)20-7-3-4-10(9-20)13(21)19-12-6-5-11(16)8-18-12/h5-6,8,10H,3-4,7,9,17H2,1-2H3,(H,18,19,21). The lowest BCUT2D eigenvalue weighted by molar-refractivity contribution is -0.138. The highest BCUT2D eigenvalue weighted by molar-refractivity contribution is 6.30. The number of carbonyl (C=O) groups is 2. The van der Waals surface area contributed by atoms with Crippen molar-refractivity contribution in [3.05, 3.63) is 23.4 Å². The molecule has 1 atom stereocenters. The van der Waals surface area contributed by atoms with Crippen LogP contribution in [0, 0.1) is 5.92 Å². The van der Waals surface area contributed by atoms with Gasteiger partial charge in [-0.2, -0.15) is 0 Å². The molecule has 120 valence electrons. The van der Waals surface area contributed by atoms with Gasteiger partial charge in [0.05, 0.1) is 16.5 Å². The number of anilines is 1. The van der Waals surface area contributed by atoms with Crippen molar-refractivity contribution in [2.45, 2.75) is 32.2 Å². The van der Waals surface area contributed by atoms with E-state index in [0.717, 1.165) is 12.8 Å². The van der Waals surface area contributed by atoms with Crippen LogP contribution in [-0.4, -0.2) is 40.3 Å². The van der Waals surface area contributed by atoms with E-state index in [4.69, 9.17) is 17.3 Å². The van der Waals surface area contributed by atoms with Gasteiger partial charge >= 0.3 is 0 Å². The first-order valence-corrected chi connectivity index (χ1v) is 7.66. The lowest BCUT2D eigenvalue weighted by Crippen LogP contribution is -2.54. The van der Waals surface area contributed by atoms with Crippen molar-refractivity contribution in [2.75, 3.05) is 18.4 Å². The third kappa shape index (κ3) is 4.18. The molecule has 0 saturated carbocycles. The number of aromatic nitrogens is 1. The number of halogens is 1. The first-order chi connectivity index (χ1) is 10.3. The van der Waals surface area contributed by atoms with E-state index in [-0.39, 0.29) is 17.7 Å². The van der Waals surface area contributed by atoms with Gasteiger partial charge in [-0.3, -0.25) is 9.59 Å². The second-order valence-corrected chi connectivity index (χ2v) is 6.60. The highest BCUT2D eigenvalue weighted by atomic mass is 35.5. The van der Waals surface area contributed by atoms with E-state index in [2.05, 4.69) is 10.3 Å². The maximum absolute atomic E-state index is 12.3. The van der Waals surface area contributed by atoms with Crippen LogP contribution in [0.15, 0.2) is 18.3 Å². The van der Waals surface area contributed by atoms with Gasteiger partial charge in [0.2, 0.25) is 11.8 Å². The fourth-order valence-corrected chi connectivity index (χ4v) is 2.57. The molecule has 3 N–H and O–H groups in total. The van der Waals surface area contributed by atoms with E-state index < -0.39 is 5.54 Å². The number of hydrogen-bond donors (Lipinski definition) is 2. The Hall–Kier alpha value is -1.66. The van der Waals surface area contributed by atoms with Crippen molar-refractivity contribution in [3.63, 3.8) is 0 Å². The van der Waals surface area contributed by atoms with Gasteiger partial charge in [-0.15, -0.1) is 0 Å². The molecule has 0 bridgehead atoms. The van der Waals surface area contributed by atoms with Gasteiger partial charge in [0.1, 0.15) is 5.82 Å². The molecule has 1 aliphatic rings. The maximum Gasteiger partial charge on any atom is 0.242 e. The third-order valence-electron chi connectivity index (χ3n) is 3.61. The van der Waals surface area contributed by atoms with Gasteiger partial charge in [-0.25, -0.2) is 4.98 Å². The molecule has 0 aromatic carbocycles. The molecule has 1 unspecified atom stereocenters. The fourth-order valence-electron chi connectivity index (χ4n) is 2.46. The van der Waals surface area contributed by atoms with Gasteiger partial charge in [-0.1, -0.05) is 11.6 Å². The first kappa shape index (κ1) is 16.7. The molecule has 0 spiro atoms. The Morgan fingerprint density at radius 1 is 1.45 bits per heavy atom. The molecule has 2 rings (SSSR count). The summed E-state index contributed by atoms with van der Waals surface area (Å²) < 4.78 is 0. The topological polar surface area (TPSA) is 88.3 Å². The van der Waals surface area contributed by atoms with E-state index in [1.165, 1.54) is 6.20 Å². The summed E-state index contributed by atoms with van der Waals surface area (Å²) in [5, 5.41) is 3.27. The molecule has 2 heterocycles. The van der Waals surface area contributed by atoms with Gasteiger partial charge in [0.25, 0.3) is 0 Å². The minimum Gasteiger partial charge on any atom is -0.340 e. The summed E-state index contributed by atoms with van der Waals surface area (Å²) in [7, 11) is 0. The van der Waals surface area contributed by atoms with E-state index in [1.807, 2.05) is 0 Å². The van der Waals surface area contributed by atoms with Crippen LogP contribution in [0.4, 0.5) is 5.82 Å². The molecular formula is C15H21ClN4O2. The van der Waals surface area contributed by atoms with Gasteiger partial charge in [0.15, 0.2) is 0 Å². The number of carbonyl (C=O) groups excluding carboxylic acids is 2. The number of likely N-dealkylation sites (tertiary alicyclic amines) is 1. The summed E-state index contributed by atoms with van der Waals surface area (Å²) in [4.78, 5) is 30.3. The molecule has 1 fully saturated rings. The Bertz CT molecular complexity index is 554. The van der Waals surface area contributed by atoms with E-state index >= 15 is 0 Å². The Morgan fingerprint density at radius 2 is 2.18 bits per heavy atom. The second-order valence-electron chi connectivity index (χ2n) is 6.16. The van der Waals surface area contributed by atoms with Crippen LogP contribution in [0.2, 0.25) is 5.02 Å². The number of hydrogen-bond acceptors (Lipinski definition) is 4. The Labute approximate surface area is 135 Å². The lowest BCUT2D eigenvalue weighted by Gasteiger charge is -2.35. The van der Waals surface area contributed by atoms with Crippen LogP contribution in [0.5, 0.6) is 0 Å². The molecule has 7 heteroatoms. The minimum absolute atomic E-state index is 0.130. The Kier molecular flexibility index (Phi) is 5.03. The van der Waals surface area contributed by atoms with E-state index in [9.17, 15) is 9.59 Å². The fraction of sp³-hybridized carbons (Fsp3) is 0.533. The SMILES string of the molecule is CC(C)(N)C(=O)N1CCCC(C(=O)Nc2ccc(Cl)cn2)C1. The number of nitrogens with two attached hydrogens (primary N) is 1. The lowest BCUT2D eigenvalue weighted by atomic mass is 9.95. The second kappa shape index (κ2) is 6.62. The predicted molar refractivity (Wildman–Crippen MR) is 85.4 cm³/mol. The van der Waals surface area contributed by atoms with Crippen molar-refractivity contribution in [1.29, 1.82) is 0 Å². The summed E-state index contributed by atoms with van der Waals surface area (Å²) >= 11 is 5.76. The molecule has 1 aromatic rings. The summed E-state index contributed by atoms with van der Waals surface area (Å²) in [6, 6.07) is 3.31. The third-order valence-corrected chi connectivity index (χ3v) is 3.83. The van der Waals surface area contributed by atoms with Gasteiger partial charge < -0.3 is 16.0 Å². The smallest absolute Gasteiger partial charge is 0.242 e. The monoisotopic (exact) mass is 324 g/mol. The summed E-state index contributed by atoms with van der Waals surface area (Å²) in [6.07, 6.45) is 3.01. The van der Waals surface area contributed by atoms with Crippen molar-refractivity contribution < 1.29 is 9.59 Å². The van der Waals surface area contributed by atoms with Crippen molar-refractivity contribution in [3.8, 4) is 0 Å². The molecule has 1 aromatic heterocycles.